The molecule has 21 heavy (non-hydrogen) atoms. The predicted molar refractivity (Wildman–Crippen MR) is 82.7 cm³/mol. The number of carbonyl (C=O) groups is 1. The Morgan fingerprint density at radius 3 is 2.52 bits per heavy atom. The molecule has 0 saturated heterocycles. The Bertz CT molecular complexity index is 597. The van der Waals surface area contributed by atoms with Crippen LogP contribution >= 0.6 is 0 Å². The SMILES string of the molecule is CC(CN(C)Cc1cccc(F)c1)C(=O)c1ccccc1. The molecule has 0 bridgehead atoms. The number of ketones is 1. The topological polar surface area (TPSA) is 20.3 Å². The first-order chi connectivity index (χ1) is 10.1. The Kier molecular flexibility index (Phi) is 5.23. The standard InChI is InChI=1S/C18H20FNO/c1-14(18(21)16-8-4-3-5-9-16)12-20(2)13-15-7-6-10-17(19)11-15/h3-11,14H,12-13H2,1-2H3. The van der Waals surface area contributed by atoms with Crippen LogP contribution in [-0.4, -0.2) is 24.3 Å². The first-order valence-electron chi connectivity index (χ1n) is 7.08. The molecular formula is C18H20FNO. The monoisotopic (exact) mass is 285 g/mol. The van der Waals surface area contributed by atoms with Gasteiger partial charge in [0.25, 0.3) is 0 Å². The summed E-state index contributed by atoms with van der Waals surface area (Å²) in [5.74, 6) is -0.179. The van der Waals surface area contributed by atoms with E-state index in [-0.39, 0.29) is 17.5 Å². The molecule has 1 atom stereocenters. The van der Waals surface area contributed by atoms with E-state index in [1.54, 1.807) is 6.07 Å². The maximum Gasteiger partial charge on any atom is 0.166 e. The number of rotatable bonds is 6. The van der Waals surface area contributed by atoms with E-state index in [9.17, 15) is 9.18 Å². The van der Waals surface area contributed by atoms with Crippen LogP contribution in [-0.2, 0) is 6.54 Å². The molecule has 3 heteroatoms. The van der Waals surface area contributed by atoms with Crippen molar-refractivity contribution in [1.29, 1.82) is 0 Å². The molecule has 0 aromatic heterocycles. The highest BCUT2D eigenvalue weighted by molar-refractivity contribution is 5.97. The Morgan fingerprint density at radius 2 is 1.86 bits per heavy atom. The highest BCUT2D eigenvalue weighted by Gasteiger charge is 2.16. The Hall–Kier alpha value is -2.00. The second-order valence-electron chi connectivity index (χ2n) is 5.46. The fourth-order valence-corrected chi connectivity index (χ4v) is 2.45. The number of carbonyl (C=O) groups excluding carboxylic acids is 1. The molecule has 0 aliphatic heterocycles. The van der Waals surface area contributed by atoms with Crippen molar-refractivity contribution in [1.82, 2.24) is 4.90 Å². The van der Waals surface area contributed by atoms with E-state index in [2.05, 4.69) is 0 Å². The lowest BCUT2D eigenvalue weighted by Gasteiger charge is -2.20. The maximum absolute atomic E-state index is 13.2. The van der Waals surface area contributed by atoms with Gasteiger partial charge in [-0.2, -0.15) is 0 Å². The van der Waals surface area contributed by atoms with Gasteiger partial charge in [0.1, 0.15) is 5.82 Å². The van der Waals surface area contributed by atoms with Crippen LogP contribution in [0.3, 0.4) is 0 Å². The highest BCUT2D eigenvalue weighted by Crippen LogP contribution is 2.12. The van der Waals surface area contributed by atoms with E-state index < -0.39 is 0 Å². The summed E-state index contributed by atoms with van der Waals surface area (Å²) < 4.78 is 13.2. The molecule has 0 saturated carbocycles. The second kappa shape index (κ2) is 7.14. The number of nitrogens with zero attached hydrogens (tertiary/aromatic N) is 1. The Labute approximate surface area is 125 Å². The van der Waals surface area contributed by atoms with Crippen molar-refractivity contribution in [2.24, 2.45) is 5.92 Å². The lowest BCUT2D eigenvalue weighted by atomic mass is 9.99. The van der Waals surface area contributed by atoms with E-state index in [4.69, 9.17) is 0 Å². The molecule has 110 valence electrons. The van der Waals surface area contributed by atoms with Crippen LogP contribution in [0.15, 0.2) is 54.6 Å². The van der Waals surface area contributed by atoms with Gasteiger partial charge in [-0.25, -0.2) is 4.39 Å². The van der Waals surface area contributed by atoms with Crippen LogP contribution in [0.1, 0.15) is 22.8 Å². The van der Waals surface area contributed by atoms with Gasteiger partial charge in [0, 0.05) is 24.6 Å². The Balaban J connectivity index is 1.93. The molecule has 0 aliphatic rings. The van der Waals surface area contributed by atoms with E-state index in [0.717, 1.165) is 11.1 Å². The zero-order valence-electron chi connectivity index (χ0n) is 12.4. The molecule has 0 heterocycles. The third-order valence-corrected chi connectivity index (χ3v) is 3.43. The van der Waals surface area contributed by atoms with Gasteiger partial charge in [-0.05, 0) is 24.7 Å². The molecule has 0 radical (unpaired) electrons. The van der Waals surface area contributed by atoms with E-state index in [1.807, 2.05) is 55.3 Å². The minimum atomic E-state index is -0.227. The third kappa shape index (κ3) is 4.50. The quantitative estimate of drug-likeness (QED) is 0.753. The van der Waals surface area contributed by atoms with Crippen LogP contribution in [0, 0.1) is 11.7 Å². The number of hydrogen-bond acceptors (Lipinski definition) is 2. The van der Waals surface area contributed by atoms with Crippen molar-refractivity contribution in [3.63, 3.8) is 0 Å². The maximum atomic E-state index is 13.2. The van der Waals surface area contributed by atoms with Crippen LogP contribution in [0.2, 0.25) is 0 Å². The first kappa shape index (κ1) is 15.4. The normalized spacial score (nSPS) is 12.4. The molecule has 0 N–H and O–H groups in total. The molecule has 0 amide bonds. The van der Waals surface area contributed by atoms with Crippen molar-refractivity contribution < 1.29 is 9.18 Å². The van der Waals surface area contributed by atoms with Crippen molar-refractivity contribution in [3.8, 4) is 0 Å². The summed E-state index contributed by atoms with van der Waals surface area (Å²) in [4.78, 5) is 14.3. The molecule has 2 aromatic rings. The number of hydrogen-bond donors (Lipinski definition) is 0. The van der Waals surface area contributed by atoms with Gasteiger partial charge in [0.05, 0.1) is 0 Å². The average Bonchev–Trinajstić information content (AvgIpc) is 2.47. The first-order valence-corrected chi connectivity index (χ1v) is 7.08. The summed E-state index contributed by atoms with van der Waals surface area (Å²) in [5, 5.41) is 0. The lowest BCUT2D eigenvalue weighted by Crippen LogP contribution is -2.28. The molecule has 2 aromatic carbocycles. The molecule has 0 fully saturated rings. The largest absolute Gasteiger partial charge is 0.301 e. The van der Waals surface area contributed by atoms with E-state index >= 15 is 0 Å². The van der Waals surface area contributed by atoms with Crippen molar-refractivity contribution in [2.75, 3.05) is 13.6 Å². The summed E-state index contributed by atoms with van der Waals surface area (Å²) in [6.45, 7) is 3.20. The van der Waals surface area contributed by atoms with Gasteiger partial charge in [0.15, 0.2) is 5.78 Å². The summed E-state index contributed by atoms with van der Waals surface area (Å²) in [7, 11) is 1.94. The van der Waals surface area contributed by atoms with Gasteiger partial charge in [-0.1, -0.05) is 49.4 Å². The van der Waals surface area contributed by atoms with Gasteiger partial charge < -0.3 is 4.90 Å². The summed E-state index contributed by atoms with van der Waals surface area (Å²) in [6, 6.07) is 15.9. The van der Waals surface area contributed by atoms with Crippen LogP contribution in [0.5, 0.6) is 0 Å². The molecule has 2 nitrogen and oxygen atoms in total. The van der Waals surface area contributed by atoms with Crippen LogP contribution < -0.4 is 0 Å². The smallest absolute Gasteiger partial charge is 0.166 e. The number of Topliss-reactive ketones (excluding diaryl/α,β-unsaturated/α-hetero) is 1. The van der Waals surface area contributed by atoms with Gasteiger partial charge >= 0.3 is 0 Å². The summed E-state index contributed by atoms with van der Waals surface area (Å²) in [6.07, 6.45) is 0. The van der Waals surface area contributed by atoms with Crippen molar-refractivity contribution >= 4 is 5.78 Å². The van der Waals surface area contributed by atoms with Gasteiger partial charge in [-0.15, -0.1) is 0 Å². The number of benzene rings is 2. The van der Waals surface area contributed by atoms with E-state index in [0.29, 0.717) is 13.1 Å². The van der Waals surface area contributed by atoms with E-state index in [1.165, 1.54) is 12.1 Å². The molecule has 1 unspecified atom stereocenters. The highest BCUT2D eigenvalue weighted by atomic mass is 19.1. The average molecular weight is 285 g/mol. The van der Waals surface area contributed by atoms with Crippen LogP contribution in [0.4, 0.5) is 4.39 Å². The molecule has 2 rings (SSSR count). The minimum absolute atomic E-state index is 0.0917. The van der Waals surface area contributed by atoms with Gasteiger partial charge in [0.2, 0.25) is 0 Å². The fourth-order valence-electron chi connectivity index (χ4n) is 2.45. The van der Waals surface area contributed by atoms with Crippen LogP contribution in [0.25, 0.3) is 0 Å². The summed E-state index contributed by atoms with van der Waals surface area (Å²) in [5.41, 5.74) is 1.65. The summed E-state index contributed by atoms with van der Waals surface area (Å²) >= 11 is 0. The second-order valence-corrected chi connectivity index (χ2v) is 5.46. The third-order valence-electron chi connectivity index (χ3n) is 3.43. The number of halogens is 1. The Morgan fingerprint density at radius 1 is 1.14 bits per heavy atom. The fraction of sp³-hybridized carbons (Fsp3) is 0.278. The van der Waals surface area contributed by atoms with Crippen molar-refractivity contribution in [2.45, 2.75) is 13.5 Å². The predicted octanol–water partition coefficient (Wildman–Crippen LogP) is 3.78. The molecule has 0 spiro atoms. The lowest BCUT2D eigenvalue weighted by molar-refractivity contribution is 0.0901. The minimum Gasteiger partial charge on any atom is -0.301 e. The zero-order valence-corrected chi connectivity index (χ0v) is 12.4. The molecular weight excluding hydrogens is 265 g/mol. The van der Waals surface area contributed by atoms with Crippen molar-refractivity contribution in [3.05, 3.63) is 71.5 Å². The zero-order chi connectivity index (χ0) is 15.2. The molecule has 0 aliphatic carbocycles. The van der Waals surface area contributed by atoms with Gasteiger partial charge in [-0.3, -0.25) is 4.79 Å².